The highest BCUT2D eigenvalue weighted by Gasteiger charge is 2.23. The normalized spacial score (nSPS) is 10.6. The number of esters is 1. The third-order valence-corrected chi connectivity index (χ3v) is 2.32. The molecule has 0 radical (unpaired) electrons. The van der Waals surface area contributed by atoms with Crippen LogP contribution in [0.25, 0.3) is 0 Å². The molecule has 0 bridgehead atoms. The van der Waals surface area contributed by atoms with E-state index >= 15 is 0 Å². The minimum Gasteiger partial charge on any atom is -0.462 e. The molecule has 88 valence electrons. The Kier molecular flexibility index (Phi) is 4.35. The molecule has 0 aromatic carbocycles. The first-order valence-electron chi connectivity index (χ1n) is 4.59. The molecule has 3 nitrogen and oxygen atoms in total. The molecule has 0 saturated heterocycles. The molecule has 0 aliphatic carbocycles. The summed E-state index contributed by atoms with van der Waals surface area (Å²) in [6, 6.07) is 1.13. The van der Waals surface area contributed by atoms with Gasteiger partial charge in [0.1, 0.15) is 4.60 Å². The van der Waals surface area contributed by atoms with Crippen molar-refractivity contribution in [1.82, 2.24) is 4.98 Å². The Balaban J connectivity index is 3.29. The van der Waals surface area contributed by atoms with E-state index in [4.69, 9.17) is 4.74 Å². The van der Waals surface area contributed by atoms with Crippen molar-refractivity contribution < 1.29 is 18.3 Å². The minimum atomic E-state index is -2.74. The van der Waals surface area contributed by atoms with Gasteiger partial charge in [-0.15, -0.1) is 0 Å². The van der Waals surface area contributed by atoms with E-state index in [0.717, 1.165) is 6.07 Å². The summed E-state index contributed by atoms with van der Waals surface area (Å²) in [7, 11) is 0. The quantitative estimate of drug-likeness (QED) is 0.634. The number of hydrogen-bond acceptors (Lipinski definition) is 3. The first-order valence-corrected chi connectivity index (χ1v) is 5.39. The lowest BCUT2D eigenvalue weighted by atomic mass is 10.1. The van der Waals surface area contributed by atoms with E-state index in [1.54, 1.807) is 6.92 Å². The molecule has 0 spiro atoms. The van der Waals surface area contributed by atoms with E-state index in [1.165, 1.54) is 6.92 Å². The second kappa shape index (κ2) is 5.34. The molecule has 0 aliphatic heterocycles. The zero-order valence-electron chi connectivity index (χ0n) is 8.76. The van der Waals surface area contributed by atoms with Crippen LogP contribution in [-0.4, -0.2) is 17.6 Å². The second-order valence-corrected chi connectivity index (χ2v) is 3.83. The van der Waals surface area contributed by atoms with Crippen molar-refractivity contribution in [2.75, 3.05) is 6.61 Å². The smallest absolute Gasteiger partial charge is 0.340 e. The van der Waals surface area contributed by atoms with Crippen LogP contribution in [0, 0.1) is 6.92 Å². The molecule has 0 amide bonds. The summed E-state index contributed by atoms with van der Waals surface area (Å²) in [6.45, 7) is 3.24. The molecule has 0 fully saturated rings. The monoisotopic (exact) mass is 293 g/mol. The molecule has 1 aromatic rings. The second-order valence-electron chi connectivity index (χ2n) is 3.02. The maximum atomic E-state index is 12.7. The van der Waals surface area contributed by atoms with Crippen molar-refractivity contribution in [3.8, 4) is 0 Å². The van der Waals surface area contributed by atoms with Crippen LogP contribution in [0.2, 0.25) is 0 Å². The van der Waals surface area contributed by atoms with Gasteiger partial charge in [-0.3, -0.25) is 0 Å². The van der Waals surface area contributed by atoms with Gasteiger partial charge in [-0.05, 0) is 35.8 Å². The number of halogens is 3. The SMILES string of the molecule is CCOC(=O)c1c(C(F)F)cc(Br)nc1C. The summed E-state index contributed by atoms with van der Waals surface area (Å²) >= 11 is 3.01. The summed E-state index contributed by atoms with van der Waals surface area (Å²) < 4.78 is 30.4. The van der Waals surface area contributed by atoms with Crippen LogP contribution in [0.4, 0.5) is 8.78 Å². The highest BCUT2D eigenvalue weighted by molar-refractivity contribution is 9.10. The maximum absolute atomic E-state index is 12.7. The fourth-order valence-electron chi connectivity index (χ4n) is 1.30. The lowest BCUT2D eigenvalue weighted by Gasteiger charge is -2.10. The molecule has 1 aromatic heterocycles. The Morgan fingerprint density at radius 3 is 2.75 bits per heavy atom. The Labute approximate surface area is 99.9 Å². The van der Waals surface area contributed by atoms with E-state index in [-0.39, 0.29) is 28.0 Å². The number of alkyl halides is 2. The molecule has 0 saturated carbocycles. The van der Waals surface area contributed by atoms with Crippen LogP contribution in [-0.2, 0) is 4.74 Å². The first kappa shape index (κ1) is 13.0. The summed E-state index contributed by atoms with van der Waals surface area (Å²) in [5.41, 5.74) is -0.291. The fraction of sp³-hybridized carbons (Fsp3) is 0.400. The zero-order valence-corrected chi connectivity index (χ0v) is 10.3. The lowest BCUT2D eigenvalue weighted by Crippen LogP contribution is -2.12. The van der Waals surface area contributed by atoms with Crippen molar-refractivity contribution in [1.29, 1.82) is 0 Å². The number of ether oxygens (including phenoxy) is 1. The number of rotatable bonds is 3. The van der Waals surface area contributed by atoms with Crippen LogP contribution in [0.3, 0.4) is 0 Å². The Morgan fingerprint density at radius 1 is 1.62 bits per heavy atom. The number of carbonyl (C=O) groups excluding carboxylic acids is 1. The van der Waals surface area contributed by atoms with E-state index in [0.29, 0.717) is 0 Å². The number of carbonyl (C=O) groups is 1. The number of hydrogen-bond donors (Lipinski definition) is 0. The van der Waals surface area contributed by atoms with Gasteiger partial charge in [0.25, 0.3) is 6.43 Å². The average Bonchev–Trinajstić information content (AvgIpc) is 2.16. The van der Waals surface area contributed by atoms with E-state index in [2.05, 4.69) is 20.9 Å². The zero-order chi connectivity index (χ0) is 12.3. The minimum absolute atomic E-state index is 0.136. The third kappa shape index (κ3) is 2.75. The maximum Gasteiger partial charge on any atom is 0.340 e. The molecule has 0 N–H and O–H groups in total. The number of aryl methyl sites for hydroxylation is 1. The predicted molar refractivity (Wildman–Crippen MR) is 57.6 cm³/mol. The van der Waals surface area contributed by atoms with Gasteiger partial charge in [0.05, 0.1) is 17.9 Å². The van der Waals surface area contributed by atoms with Gasteiger partial charge < -0.3 is 4.74 Å². The van der Waals surface area contributed by atoms with Crippen LogP contribution in [0.1, 0.15) is 35.0 Å². The molecule has 1 heterocycles. The van der Waals surface area contributed by atoms with Crippen LogP contribution in [0.15, 0.2) is 10.7 Å². The van der Waals surface area contributed by atoms with E-state index < -0.39 is 12.4 Å². The Bertz CT molecular complexity index is 410. The first-order chi connectivity index (χ1) is 7.47. The van der Waals surface area contributed by atoms with Crippen molar-refractivity contribution >= 4 is 21.9 Å². The summed E-state index contributed by atoms with van der Waals surface area (Å²) in [5.74, 6) is -0.768. The van der Waals surface area contributed by atoms with Crippen LogP contribution >= 0.6 is 15.9 Å². The third-order valence-electron chi connectivity index (χ3n) is 1.91. The summed E-state index contributed by atoms with van der Waals surface area (Å²) in [6.07, 6.45) is -2.74. The number of nitrogens with zero attached hydrogens (tertiary/aromatic N) is 1. The van der Waals surface area contributed by atoms with Crippen molar-refractivity contribution in [2.24, 2.45) is 0 Å². The van der Waals surface area contributed by atoms with Crippen molar-refractivity contribution in [3.05, 3.63) is 27.5 Å². The van der Waals surface area contributed by atoms with Gasteiger partial charge in [-0.25, -0.2) is 18.6 Å². The van der Waals surface area contributed by atoms with Crippen molar-refractivity contribution in [2.45, 2.75) is 20.3 Å². The molecular formula is C10H10BrF2NO2. The fourth-order valence-corrected chi connectivity index (χ4v) is 1.81. The average molecular weight is 294 g/mol. The van der Waals surface area contributed by atoms with Crippen LogP contribution < -0.4 is 0 Å². The standard InChI is InChI=1S/C10H10BrF2NO2/c1-3-16-10(15)8-5(2)14-7(11)4-6(8)9(12)13/h4,9H,3H2,1-2H3. The summed E-state index contributed by atoms with van der Waals surface area (Å²) in [4.78, 5) is 15.4. The molecule has 16 heavy (non-hydrogen) atoms. The van der Waals surface area contributed by atoms with Gasteiger partial charge in [-0.2, -0.15) is 0 Å². The van der Waals surface area contributed by atoms with Gasteiger partial charge in [0.2, 0.25) is 0 Å². The van der Waals surface area contributed by atoms with E-state index in [1.807, 2.05) is 0 Å². The number of aromatic nitrogens is 1. The van der Waals surface area contributed by atoms with Gasteiger partial charge >= 0.3 is 5.97 Å². The molecule has 0 aliphatic rings. The molecular weight excluding hydrogens is 284 g/mol. The lowest BCUT2D eigenvalue weighted by molar-refractivity contribution is 0.0513. The van der Waals surface area contributed by atoms with Gasteiger partial charge in [-0.1, -0.05) is 0 Å². The molecule has 6 heteroatoms. The predicted octanol–water partition coefficient (Wildman–Crippen LogP) is 3.27. The van der Waals surface area contributed by atoms with Gasteiger partial charge in [0.15, 0.2) is 0 Å². The molecule has 1 rings (SSSR count). The van der Waals surface area contributed by atoms with Gasteiger partial charge in [0, 0.05) is 5.56 Å². The summed E-state index contributed by atoms with van der Waals surface area (Å²) in [5, 5.41) is 0. The Morgan fingerprint density at radius 2 is 2.25 bits per heavy atom. The van der Waals surface area contributed by atoms with E-state index in [9.17, 15) is 13.6 Å². The highest BCUT2D eigenvalue weighted by atomic mass is 79.9. The van der Waals surface area contributed by atoms with Crippen molar-refractivity contribution in [3.63, 3.8) is 0 Å². The molecule has 0 atom stereocenters. The number of pyridine rings is 1. The molecule has 0 unspecified atom stereocenters. The topological polar surface area (TPSA) is 39.2 Å². The van der Waals surface area contributed by atoms with Crippen LogP contribution in [0.5, 0.6) is 0 Å². The highest BCUT2D eigenvalue weighted by Crippen LogP contribution is 2.27. The Hall–Kier alpha value is -1.04. The largest absolute Gasteiger partial charge is 0.462 e.